The summed E-state index contributed by atoms with van der Waals surface area (Å²) in [7, 11) is 1.55. The van der Waals surface area contributed by atoms with Crippen LogP contribution in [0.5, 0.6) is 0 Å². The second kappa shape index (κ2) is 8.79. The van der Waals surface area contributed by atoms with E-state index in [-0.39, 0.29) is 17.6 Å². The fourth-order valence-electron chi connectivity index (χ4n) is 3.29. The second-order valence-corrected chi connectivity index (χ2v) is 6.61. The van der Waals surface area contributed by atoms with E-state index in [1.807, 2.05) is 0 Å². The molecular weight excluding hydrogens is 330 g/mol. The number of ether oxygens (including phenoxy) is 1. The molecule has 2 rings (SSSR count). The van der Waals surface area contributed by atoms with Gasteiger partial charge in [0.25, 0.3) is 5.91 Å². The van der Waals surface area contributed by atoms with E-state index < -0.39 is 0 Å². The van der Waals surface area contributed by atoms with Gasteiger partial charge in [-0.3, -0.25) is 14.4 Å². The molecule has 0 bridgehead atoms. The van der Waals surface area contributed by atoms with Crippen molar-refractivity contribution < 1.29 is 19.1 Å². The van der Waals surface area contributed by atoms with Crippen LogP contribution in [0.2, 0.25) is 0 Å². The summed E-state index contributed by atoms with van der Waals surface area (Å²) in [5.74, 6) is -0.226. The van der Waals surface area contributed by atoms with Crippen LogP contribution in [0.25, 0.3) is 5.57 Å². The molecule has 0 fully saturated rings. The summed E-state index contributed by atoms with van der Waals surface area (Å²) >= 11 is 0. The van der Waals surface area contributed by atoms with Gasteiger partial charge in [-0.15, -0.1) is 0 Å². The minimum atomic E-state index is -0.376. The van der Waals surface area contributed by atoms with Crippen molar-refractivity contribution in [1.82, 2.24) is 0 Å². The predicted molar refractivity (Wildman–Crippen MR) is 102 cm³/mol. The molecule has 26 heavy (non-hydrogen) atoms. The van der Waals surface area contributed by atoms with Crippen LogP contribution in [-0.4, -0.2) is 24.7 Å². The van der Waals surface area contributed by atoms with E-state index in [4.69, 9.17) is 4.74 Å². The van der Waals surface area contributed by atoms with E-state index in [9.17, 15) is 14.4 Å². The molecule has 0 spiro atoms. The first-order valence-corrected chi connectivity index (χ1v) is 9.19. The van der Waals surface area contributed by atoms with E-state index >= 15 is 0 Å². The number of carbonyl (C=O) groups excluding carboxylic acids is 3. The van der Waals surface area contributed by atoms with Gasteiger partial charge in [0.15, 0.2) is 5.78 Å². The molecule has 140 valence electrons. The lowest BCUT2D eigenvalue weighted by atomic mass is 9.99. The number of nitrogens with zero attached hydrogens (tertiary/aromatic N) is 1. The van der Waals surface area contributed by atoms with Gasteiger partial charge in [0, 0.05) is 24.5 Å². The zero-order valence-corrected chi connectivity index (χ0v) is 16.1. The van der Waals surface area contributed by atoms with Crippen LogP contribution in [0.1, 0.15) is 75.2 Å². The van der Waals surface area contributed by atoms with Crippen molar-refractivity contribution in [3.8, 4) is 0 Å². The average Bonchev–Trinajstić information content (AvgIpc) is 2.89. The van der Waals surface area contributed by atoms with E-state index in [1.54, 1.807) is 25.3 Å². The second-order valence-electron chi connectivity index (χ2n) is 6.61. The first kappa shape index (κ1) is 19.9. The number of hydrogen-bond acceptors (Lipinski definition) is 4. The lowest BCUT2D eigenvalue weighted by Gasteiger charge is -2.12. The number of hydrogen-bond donors (Lipinski definition) is 0. The normalized spacial score (nSPS) is 15.1. The molecule has 0 radical (unpaired) electrons. The molecule has 0 aliphatic carbocycles. The number of amides is 2. The standard InChI is InChI=1S/C21H27NO4/c1-5-6-7-8-9-10-19(26-4)20-17-13-16(14(2)23)11-12-18(17)22(15(3)24)21(20)25/h11-13H,5-10H2,1-4H3. The molecular formula is C21H27NO4. The van der Waals surface area contributed by atoms with Crippen LogP contribution in [0.3, 0.4) is 0 Å². The Kier molecular flexibility index (Phi) is 6.72. The van der Waals surface area contributed by atoms with Crippen molar-refractivity contribution in [3.63, 3.8) is 0 Å². The quantitative estimate of drug-likeness (QED) is 0.297. The molecule has 1 heterocycles. The maximum atomic E-state index is 12.9. The highest BCUT2D eigenvalue weighted by molar-refractivity contribution is 6.40. The highest BCUT2D eigenvalue weighted by atomic mass is 16.5. The summed E-state index contributed by atoms with van der Waals surface area (Å²) in [6, 6.07) is 4.99. The maximum absolute atomic E-state index is 12.9. The third-order valence-corrected chi connectivity index (χ3v) is 4.68. The van der Waals surface area contributed by atoms with Crippen molar-refractivity contribution >= 4 is 28.9 Å². The molecule has 1 aliphatic heterocycles. The van der Waals surface area contributed by atoms with Crippen LogP contribution in [0.4, 0.5) is 5.69 Å². The van der Waals surface area contributed by atoms with Gasteiger partial charge in [-0.25, -0.2) is 4.90 Å². The fourth-order valence-corrected chi connectivity index (χ4v) is 3.29. The number of ketones is 1. The molecule has 5 heteroatoms. The minimum Gasteiger partial charge on any atom is -0.500 e. The molecule has 1 aliphatic rings. The third kappa shape index (κ3) is 4.03. The Balaban J connectivity index is 2.43. The molecule has 0 atom stereocenters. The molecule has 5 nitrogen and oxygen atoms in total. The van der Waals surface area contributed by atoms with Gasteiger partial charge in [0.05, 0.1) is 18.4 Å². The van der Waals surface area contributed by atoms with Gasteiger partial charge in [0.2, 0.25) is 5.91 Å². The number of anilines is 1. The van der Waals surface area contributed by atoms with Gasteiger partial charge in [-0.2, -0.15) is 0 Å². The van der Waals surface area contributed by atoms with Gasteiger partial charge in [-0.1, -0.05) is 32.6 Å². The summed E-state index contributed by atoms with van der Waals surface area (Å²) in [6.45, 7) is 5.01. The van der Waals surface area contributed by atoms with Gasteiger partial charge in [-0.05, 0) is 31.5 Å². The van der Waals surface area contributed by atoms with Crippen LogP contribution in [-0.2, 0) is 14.3 Å². The summed E-state index contributed by atoms with van der Waals surface area (Å²) in [5, 5.41) is 0. The first-order chi connectivity index (χ1) is 12.4. The van der Waals surface area contributed by atoms with Crippen molar-refractivity contribution in [1.29, 1.82) is 0 Å². The number of Topliss-reactive ketones (excluding diaryl/α,β-unsaturated/α-hetero) is 1. The smallest absolute Gasteiger partial charge is 0.269 e. The third-order valence-electron chi connectivity index (χ3n) is 4.68. The molecule has 0 saturated heterocycles. The van der Waals surface area contributed by atoms with Crippen LogP contribution >= 0.6 is 0 Å². The molecule has 0 aromatic heterocycles. The highest BCUT2D eigenvalue weighted by Gasteiger charge is 2.37. The topological polar surface area (TPSA) is 63.7 Å². The zero-order chi connectivity index (χ0) is 19.3. The number of allylic oxidation sites excluding steroid dienone is 1. The monoisotopic (exact) mass is 357 g/mol. The summed E-state index contributed by atoms with van der Waals surface area (Å²) in [4.78, 5) is 37.8. The fraction of sp³-hybridized carbons (Fsp3) is 0.476. The zero-order valence-electron chi connectivity index (χ0n) is 16.1. The Labute approximate surface area is 155 Å². The highest BCUT2D eigenvalue weighted by Crippen LogP contribution is 2.40. The molecule has 2 amide bonds. The number of methoxy groups -OCH3 is 1. The van der Waals surface area contributed by atoms with Crippen LogP contribution in [0.15, 0.2) is 24.0 Å². The Bertz CT molecular complexity index is 748. The first-order valence-electron chi connectivity index (χ1n) is 9.19. The van der Waals surface area contributed by atoms with E-state index in [0.717, 1.165) is 24.2 Å². The number of rotatable bonds is 8. The number of imide groups is 1. The summed E-state index contributed by atoms with van der Waals surface area (Å²) in [5.41, 5.74) is 2.03. The summed E-state index contributed by atoms with van der Waals surface area (Å²) < 4.78 is 5.53. The largest absolute Gasteiger partial charge is 0.500 e. The Morgan fingerprint density at radius 2 is 1.77 bits per heavy atom. The molecule has 1 aromatic carbocycles. The van der Waals surface area contributed by atoms with Crippen molar-refractivity contribution in [2.45, 2.75) is 59.3 Å². The average molecular weight is 357 g/mol. The molecule has 1 aromatic rings. The lowest BCUT2D eigenvalue weighted by Crippen LogP contribution is -2.31. The van der Waals surface area contributed by atoms with Crippen molar-refractivity contribution in [2.24, 2.45) is 0 Å². The van der Waals surface area contributed by atoms with Crippen molar-refractivity contribution in [3.05, 3.63) is 35.1 Å². The Hall–Kier alpha value is -2.43. The number of carbonyl (C=O) groups is 3. The van der Waals surface area contributed by atoms with Gasteiger partial charge in [0.1, 0.15) is 5.76 Å². The van der Waals surface area contributed by atoms with Crippen LogP contribution in [0, 0.1) is 0 Å². The Morgan fingerprint density at radius 3 is 2.35 bits per heavy atom. The SMILES string of the molecule is CCCCCCCC(OC)=C1C(=O)N(C(C)=O)c2ccc(C(C)=O)cc21. The van der Waals surface area contributed by atoms with E-state index in [2.05, 4.69) is 6.92 Å². The molecule has 0 unspecified atom stereocenters. The summed E-state index contributed by atoms with van der Waals surface area (Å²) in [6.07, 6.45) is 6.14. The maximum Gasteiger partial charge on any atom is 0.269 e. The Morgan fingerprint density at radius 1 is 1.08 bits per heavy atom. The van der Waals surface area contributed by atoms with E-state index in [0.29, 0.717) is 34.6 Å². The number of fused-ring (bicyclic) bond motifs is 1. The van der Waals surface area contributed by atoms with E-state index in [1.165, 1.54) is 26.7 Å². The van der Waals surface area contributed by atoms with Gasteiger partial charge < -0.3 is 4.74 Å². The van der Waals surface area contributed by atoms with Crippen LogP contribution < -0.4 is 4.90 Å². The number of benzene rings is 1. The minimum absolute atomic E-state index is 0.0839. The van der Waals surface area contributed by atoms with Gasteiger partial charge >= 0.3 is 0 Å². The molecule has 0 saturated carbocycles. The van der Waals surface area contributed by atoms with Crippen molar-refractivity contribution in [2.75, 3.05) is 12.0 Å². The molecule has 0 N–H and O–H groups in total. The predicted octanol–water partition coefficient (Wildman–Crippen LogP) is 4.50. The lowest BCUT2D eigenvalue weighted by molar-refractivity contribution is -0.122. The number of unbranched alkanes of at least 4 members (excludes halogenated alkanes) is 4.